The number of hydrogen-bond donors (Lipinski definition) is 1. The van der Waals surface area contributed by atoms with Crippen molar-refractivity contribution < 1.29 is 0 Å². The molecule has 0 fully saturated rings. The van der Waals surface area contributed by atoms with Crippen LogP contribution in [0.25, 0.3) is 5.65 Å². The lowest BCUT2D eigenvalue weighted by Crippen LogP contribution is -2.11. The Morgan fingerprint density at radius 1 is 1.64 bits per heavy atom. The molecular weight excluding hydrogens is 144 g/mol. The van der Waals surface area contributed by atoms with Crippen molar-refractivity contribution in [3.8, 4) is 0 Å². The van der Waals surface area contributed by atoms with Gasteiger partial charge in [-0.2, -0.15) is 5.10 Å². The summed E-state index contributed by atoms with van der Waals surface area (Å²) in [6, 6.07) is 0. The zero-order chi connectivity index (χ0) is 7.84. The van der Waals surface area contributed by atoms with E-state index in [0.29, 0.717) is 5.65 Å². The highest BCUT2D eigenvalue weighted by molar-refractivity contribution is 5.34. The molecule has 0 bridgehead atoms. The van der Waals surface area contributed by atoms with E-state index < -0.39 is 0 Å². The molecule has 2 rings (SSSR count). The highest BCUT2D eigenvalue weighted by atomic mass is 16.1. The molecule has 0 amide bonds. The van der Waals surface area contributed by atoms with E-state index in [1.54, 1.807) is 6.20 Å². The summed E-state index contributed by atoms with van der Waals surface area (Å²) in [6.45, 7) is 1.84. The molecule has 0 aliphatic carbocycles. The minimum absolute atomic E-state index is 0.215. The van der Waals surface area contributed by atoms with Gasteiger partial charge in [0, 0.05) is 0 Å². The van der Waals surface area contributed by atoms with E-state index in [9.17, 15) is 4.79 Å². The third-order valence-corrected chi connectivity index (χ3v) is 1.48. The van der Waals surface area contributed by atoms with Crippen LogP contribution in [0, 0.1) is 6.92 Å². The number of fused-ring (bicyclic) bond motifs is 1. The molecule has 2 aromatic rings. The van der Waals surface area contributed by atoms with Crippen LogP contribution >= 0.6 is 0 Å². The van der Waals surface area contributed by atoms with Crippen LogP contribution in [-0.2, 0) is 0 Å². The monoisotopic (exact) mass is 150 g/mol. The summed E-state index contributed by atoms with van der Waals surface area (Å²) < 4.78 is 1.50. The zero-order valence-electron chi connectivity index (χ0n) is 5.90. The van der Waals surface area contributed by atoms with Crippen LogP contribution in [0.4, 0.5) is 0 Å². The van der Waals surface area contributed by atoms with E-state index in [1.807, 2.05) is 6.92 Å². The van der Waals surface area contributed by atoms with Crippen LogP contribution < -0.4 is 5.56 Å². The van der Waals surface area contributed by atoms with Crippen molar-refractivity contribution in [1.29, 1.82) is 0 Å². The second kappa shape index (κ2) is 1.91. The van der Waals surface area contributed by atoms with Gasteiger partial charge in [0.05, 0.1) is 11.9 Å². The second-order valence-electron chi connectivity index (χ2n) is 2.25. The van der Waals surface area contributed by atoms with Crippen molar-refractivity contribution in [2.24, 2.45) is 0 Å². The maximum Gasteiger partial charge on any atom is 0.294 e. The van der Waals surface area contributed by atoms with E-state index in [0.717, 1.165) is 5.69 Å². The van der Waals surface area contributed by atoms with Crippen LogP contribution in [-0.4, -0.2) is 19.6 Å². The fourth-order valence-corrected chi connectivity index (χ4v) is 0.941. The lowest BCUT2D eigenvalue weighted by Gasteiger charge is -1.90. The summed E-state index contributed by atoms with van der Waals surface area (Å²) in [6.07, 6.45) is 2.96. The number of aromatic amines is 1. The Kier molecular flexibility index (Phi) is 1.06. The molecule has 5 nitrogen and oxygen atoms in total. The predicted molar refractivity (Wildman–Crippen MR) is 38.3 cm³/mol. The van der Waals surface area contributed by atoms with E-state index >= 15 is 0 Å². The summed E-state index contributed by atoms with van der Waals surface area (Å²) in [7, 11) is 0. The number of imidazole rings is 1. The van der Waals surface area contributed by atoms with Gasteiger partial charge in [-0.25, -0.2) is 9.50 Å². The van der Waals surface area contributed by atoms with Crippen molar-refractivity contribution in [3.63, 3.8) is 0 Å². The van der Waals surface area contributed by atoms with Crippen LogP contribution in [0.15, 0.2) is 17.3 Å². The zero-order valence-corrected chi connectivity index (χ0v) is 5.90. The molecule has 1 N–H and O–H groups in total. The third kappa shape index (κ3) is 0.739. The van der Waals surface area contributed by atoms with E-state index in [2.05, 4.69) is 15.1 Å². The highest BCUT2D eigenvalue weighted by Crippen LogP contribution is 1.94. The second-order valence-corrected chi connectivity index (χ2v) is 2.25. The first-order valence-corrected chi connectivity index (χ1v) is 3.17. The van der Waals surface area contributed by atoms with Crippen molar-refractivity contribution >= 4 is 5.65 Å². The molecule has 0 radical (unpaired) electrons. The number of aromatic nitrogens is 4. The van der Waals surface area contributed by atoms with E-state index in [-0.39, 0.29) is 5.56 Å². The van der Waals surface area contributed by atoms with Crippen LogP contribution in [0.2, 0.25) is 0 Å². The largest absolute Gasteiger partial charge is 0.308 e. The molecule has 0 aromatic carbocycles. The van der Waals surface area contributed by atoms with Crippen LogP contribution in [0.1, 0.15) is 5.69 Å². The molecule has 5 heteroatoms. The first-order chi connectivity index (χ1) is 5.29. The number of hydrogen-bond acceptors (Lipinski definition) is 3. The fraction of sp³-hybridized carbons (Fsp3) is 0.167. The minimum Gasteiger partial charge on any atom is -0.308 e. The van der Waals surface area contributed by atoms with Gasteiger partial charge in [-0.3, -0.25) is 4.79 Å². The lowest BCUT2D eigenvalue weighted by atomic mass is 10.6. The molecule has 11 heavy (non-hydrogen) atoms. The number of rotatable bonds is 0. The van der Waals surface area contributed by atoms with Crippen LogP contribution in [0.3, 0.4) is 0 Å². The average Bonchev–Trinajstić information content (AvgIpc) is 2.35. The quantitative estimate of drug-likeness (QED) is 0.562. The first kappa shape index (κ1) is 6.09. The molecule has 0 saturated heterocycles. The molecule has 0 aliphatic rings. The van der Waals surface area contributed by atoms with Gasteiger partial charge in [0.2, 0.25) is 5.65 Å². The summed E-state index contributed by atoms with van der Waals surface area (Å²) in [5.41, 5.74) is 0.976. The number of H-pyrrole nitrogens is 1. The maximum atomic E-state index is 11.0. The SMILES string of the molecule is Cc1cnc2c(=O)[nH]cnn12. The van der Waals surface area contributed by atoms with Crippen molar-refractivity contribution in [3.05, 3.63) is 28.6 Å². The van der Waals surface area contributed by atoms with Crippen LogP contribution in [0.5, 0.6) is 0 Å². The Labute approximate surface area is 61.7 Å². The van der Waals surface area contributed by atoms with Crippen molar-refractivity contribution in [2.75, 3.05) is 0 Å². The summed E-state index contributed by atoms with van der Waals surface area (Å²) >= 11 is 0. The Balaban J connectivity index is 3.06. The molecule has 2 heterocycles. The summed E-state index contributed by atoms with van der Waals surface area (Å²) in [5, 5.41) is 3.90. The Morgan fingerprint density at radius 2 is 2.45 bits per heavy atom. The molecular formula is C6H6N4O. The molecule has 0 spiro atoms. The minimum atomic E-state index is -0.215. The van der Waals surface area contributed by atoms with Crippen molar-refractivity contribution in [2.45, 2.75) is 6.92 Å². The fourth-order valence-electron chi connectivity index (χ4n) is 0.941. The third-order valence-electron chi connectivity index (χ3n) is 1.48. The molecule has 0 unspecified atom stereocenters. The predicted octanol–water partition coefficient (Wildman–Crippen LogP) is -0.274. The van der Waals surface area contributed by atoms with Gasteiger partial charge in [0.15, 0.2) is 0 Å². The number of nitrogens with one attached hydrogen (secondary N) is 1. The molecule has 2 aromatic heterocycles. The molecule has 0 aliphatic heterocycles. The lowest BCUT2D eigenvalue weighted by molar-refractivity contribution is 0.856. The van der Waals surface area contributed by atoms with Crippen molar-refractivity contribution in [1.82, 2.24) is 19.6 Å². The standard InChI is InChI=1S/C6H6N4O/c1-4-2-7-5-6(11)8-3-9-10(4)5/h2-3H,1H3,(H,8,9,11). The molecule has 0 saturated carbocycles. The van der Waals surface area contributed by atoms with Gasteiger partial charge in [-0.1, -0.05) is 0 Å². The average molecular weight is 150 g/mol. The molecule has 56 valence electrons. The molecule has 0 atom stereocenters. The smallest absolute Gasteiger partial charge is 0.294 e. The van der Waals surface area contributed by atoms with Gasteiger partial charge >= 0.3 is 0 Å². The Bertz CT molecular complexity index is 441. The van der Waals surface area contributed by atoms with Gasteiger partial charge in [0.25, 0.3) is 5.56 Å². The summed E-state index contributed by atoms with van der Waals surface area (Å²) in [5.74, 6) is 0. The Hall–Kier alpha value is -1.65. The number of nitrogens with zero attached hydrogens (tertiary/aromatic N) is 3. The van der Waals surface area contributed by atoms with Gasteiger partial charge in [-0.05, 0) is 6.92 Å². The summed E-state index contributed by atoms with van der Waals surface area (Å²) in [4.78, 5) is 17.3. The van der Waals surface area contributed by atoms with Gasteiger partial charge in [0.1, 0.15) is 6.33 Å². The first-order valence-electron chi connectivity index (χ1n) is 3.17. The number of aryl methyl sites for hydroxylation is 1. The van der Waals surface area contributed by atoms with E-state index in [4.69, 9.17) is 0 Å². The maximum absolute atomic E-state index is 11.0. The van der Waals surface area contributed by atoms with E-state index in [1.165, 1.54) is 10.8 Å². The Morgan fingerprint density at radius 3 is 3.18 bits per heavy atom. The highest BCUT2D eigenvalue weighted by Gasteiger charge is 2.01. The van der Waals surface area contributed by atoms with Gasteiger partial charge in [-0.15, -0.1) is 0 Å². The van der Waals surface area contributed by atoms with Gasteiger partial charge < -0.3 is 4.98 Å². The normalized spacial score (nSPS) is 10.6. The topological polar surface area (TPSA) is 63.0 Å².